The molecule has 21 heavy (non-hydrogen) atoms. The van der Waals surface area contributed by atoms with E-state index in [2.05, 4.69) is 17.0 Å². The molecule has 0 saturated heterocycles. The number of hydrogen-bond acceptors (Lipinski definition) is 3. The van der Waals surface area contributed by atoms with Crippen LogP contribution in [-0.2, 0) is 0 Å². The van der Waals surface area contributed by atoms with Crippen molar-refractivity contribution in [2.24, 2.45) is 5.92 Å². The van der Waals surface area contributed by atoms with E-state index in [0.29, 0.717) is 18.2 Å². The fraction of sp³-hybridized carbons (Fsp3) is 0.625. The van der Waals surface area contributed by atoms with Crippen molar-refractivity contribution >= 4 is 0 Å². The first-order valence-electron chi connectivity index (χ1n) is 7.51. The standard InChI is InChI=1S/C16H23F2NO2/c1-11-4-2-6-13(8-11)19-10-15(20)12-5-3-7-14(9-12)21-16(17)18/h3,5,7,9,11,13,15-16,19-20H,2,4,6,8,10H2,1H3. The molecule has 118 valence electrons. The molecule has 2 N–H and O–H groups in total. The van der Waals surface area contributed by atoms with Gasteiger partial charge in [-0.15, -0.1) is 0 Å². The zero-order valence-corrected chi connectivity index (χ0v) is 12.3. The van der Waals surface area contributed by atoms with E-state index >= 15 is 0 Å². The van der Waals surface area contributed by atoms with Crippen LogP contribution in [0.25, 0.3) is 0 Å². The Labute approximate surface area is 124 Å². The number of aliphatic hydroxyl groups is 1. The van der Waals surface area contributed by atoms with Gasteiger partial charge < -0.3 is 15.2 Å². The van der Waals surface area contributed by atoms with Gasteiger partial charge in [0.2, 0.25) is 0 Å². The van der Waals surface area contributed by atoms with Crippen molar-refractivity contribution in [2.75, 3.05) is 6.54 Å². The molecule has 2 rings (SSSR count). The molecule has 1 aliphatic rings. The summed E-state index contributed by atoms with van der Waals surface area (Å²) in [5.74, 6) is 0.795. The lowest BCUT2D eigenvalue weighted by Gasteiger charge is -2.28. The van der Waals surface area contributed by atoms with Gasteiger partial charge in [-0.25, -0.2) is 0 Å². The van der Waals surface area contributed by atoms with Gasteiger partial charge in [-0.1, -0.05) is 31.9 Å². The van der Waals surface area contributed by atoms with E-state index in [-0.39, 0.29) is 5.75 Å². The summed E-state index contributed by atoms with van der Waals surface area (Å²) in [7, 11) is 0. The first-order chi connectivity index (χ1) is 10.0. The van der Waals surface area contributed by atoms with Crippen LogP contribution in [0.2, 0.25) is 0 Å². The molecule has 3 unspecified atom stereocenters. The van der Waals surface area contributed by atoms with Crippen LogP contribution in [0.4, 0.5) is 8.78 Å². The second-order valence-corrected chi connectivity index (χ2v) is 5.84. The monoisotopic (exact) mass is 299 g/mol. The Bertz CT molecular complexity index is 442. The van der Waals surface area contributed by atoms with Gasteiger partial charge in [0.25, 0.3) is 0 Å². The fourth-order valence-electron chi connectivity index (χ4n) is 2.91. The minimum Gasteiger partial charge on any atom is -0.435 e. The third kappa shape index (κ3) is 5.25. The largest absolute Gasteiger partial charge is 0.435 e. The Balaban J connectivity index is 1.86. The minimum atomic E-state index is -2.85. The van der Waals surface area contributed by atoms with E-state index in [4.69, 9.17) is 0 Å². The van der Waals surface area contributed by atoms with E-state index < -0.39 is 12.7 Å². The molecule has 0 bridgehead atoms. The van der Waals surface area contributed by atoms with Crippen LogP contribution < -0.4 is 10.1 Å². The molecule has 0 heterocycles. The van der Waals surface area contributed by atoms with E-state index in [1.165, 1.54) is 25.0 Å². The number of alkyl halides is 2. The Kier molecular flexibility index (Phi) is 5.94. The molecule has 0 aliphatic heterocycles. The second kappa shape index (κ2) is 7.71. The summed E-state index contributed by atoms with van der Waals surface area (Å²) >= 11 is 0. The minimum absolute atomic E-state index is 0.0767. The maximum absolute atomic E-state index is 12.2. The van der Waals surface area contributed by atoms with Gasteiger partial charge in [0, 0.05) is 12.6 Å². The lowest BCUT2D eigenvalue weighted by Crippen LogP contribution is -2.36. The Hall–Kier alpha value is -1.20. The van der Waals surface area contributed by atoms with E-state index in [0.717, 1.165) is 18.8 Å². The molecule has 3 atom stereocenters. The highest BCUT2D eigenvalue weighted by Crippen LogP contribution is 2.25. The maximum atomic E-state index is 12.2. The summed E-state index contributed by atoms with van der Waals surface area (Å²) < 4.78 is 28.7. The molecule has 5 heteroatoms. The van der Waals surface area contributed by atoms with E-state index in [1.807, 2.05) is 0 Å². The van der Waals surface area contributed by atoms with Gasteiger partial charge >= 0.3 is 6.61 Å². The van der Waals surface area contributed by atoms with Crippen LogP contribution in [0, 0.1) is 5.92 Å². The molecule has 1 fully saturated rings. The average Bonchev–Trinajstić information content (AvgIpc) is 2.44. The summed E-state index contributed by atoms with van der Waals surface area (Å²) in [6, 6.07) is 6.68. The third-order valence-electron chi connectivity index (χ3n) is 4.00. The van der Waals surface area contributed by atoms with E-state index in [1.54, 1.807) is 12.1 Å². The normalized spacial score (nSPS) is 24.0. The number of rotatable bonds is 6. The number of ether oxygens (including phenoxy) is 1. The quantitative estimate of drug-likeness (QED) is 0.845. The molecule has 1 aliphatic carbocycles. The summed E-state index contributed by atoms with van der Waals surface area (Å²) in [5.41, 5.74) is 0.588. The fourth-order valence-corrected chi connectivity index (χ4v) is 2.91. The molecule has 1 saturated carbocycles. The van der Waals surface area contributed by atoms with Crippen molar-refractivity contribution in [3.05, 3.63) is 29.8 Å². The maximum Gasteiger partial charge on any atom is 0.387 e. The predicted molar refractivity (Wildman–Crippen MR) is 77.5 cm³/mol. The van der Waals surface area contributed by atoms with Crippen molar-refractivity contribution < 1.29 is 18.6 Å². The van der Waals surface area contributed by atoms with Crippen LogP contribution in [0.5, 0.6) is 5.75 Å². The number of nitrogens with one attached hydrogen (secondary N) is 1. The highest BCUT2D eigenvalue weighted by atomic mass is 19.3. The summed E-state index contributed by atoms with van der Waals surface area (Å²) in [6.45, 7) is -0.176. The van der Waals surface area contributed by atoms with Crippen LogP contribution in [0.1, 0.15) is 44.3 Å². The SMILES string of the molecule is CC1CCCC(NCC(O)c2cccc(OC(F)F)c2)C1. The Morgan fingerprint density at radius 3 is 2.90 bits per heavy atom. The molecular formula is C16H23F2NO2. The summed E-state index contributed by atoms with van der Waals surface area (Å²) in [4.78, 5) is 0. The van der Waals surface area contributed by atoms with Gasteiger partial charge in [0.15, 0.2) is 0 Å². The van der Waals surface area contributed by atoms with Crippen molar-refractivity contribution in [3.8, 4) is 5.75 Å². The Morgan fingerprint density at radius 1 is 1.38 bits per heavy atom. The number of aliphatic hydroxyl groups excluding tert-OH is 1. The van der Waals surface area contributed by atoms with E-state index in [9.17, 15) is 13.9 Å². The average molecular weight is 299 g/mol. The molecule has 0 aromatic heterocycles. The first-order valence-corrected chi connectivity index (χ1v) is 7.51. The smallest absolute Gasteiger partial charge is 0.387 e. The van der Waals surface area contributed by atoms with Gasteiger partial charge in [-0.05, 0) is 36.5 Å². The second-order valence-electron chi connectivity index (χ2n) is 5.84. The highest BCUT2D eigenvalue weighted by Gasteiger charge is 2.19. The Morgan fingerprint density at radius 2 is 2.19 bits per heavy atom. The molecule has 1 aromatic carbocycles. The first kappa shape index (κ1) is 16.2. The molecule has 0 spiro atoms. The van der Waals surface area contributed by atoms with Crippen molar-refractivity contribution in [3.63, 3.8) is 0 Å². The molecular weight excluding hydrogens is 276 g/mol. The van der Waals surface area contributed by atoms with Gasteiger partial charge in [-0.2, -0.15) is 8.78 Å². The zero-order valence-electron chi connectivity index (χ0n) is 12.3. The lowest BCUT2D eigenvalue weighted by atomic mass is 9.87. The zero-order chi connectivity index (χ0) is 15.2. The van der Waals surface area contributed by atoms with Crippen molar-refractivity contribution in [1.82, 2.24) is 5.32 Å². The van der Waals surface area contributed by atoms with Gasteiger partial charge in [0.05, 0.1) is 6.10 Å². The van der Waals surface area contributed by atoms with Gasteiger partial charge in [0.1, 0.15) is 5.75 Å². The molecule has 3 nitrogen and oxygen atoms in total. The van der Waals surface area contributed by atoms with Crippen LogP contribution >= 0.6 is 0 Å². The number of halogens is 2. The number of benzene rings is 1. The van der Waals surface area contributed by atoms with Crippen molar-refractivity contribution in [1.29, 1.82) is 0 Å². The molecule has 1 aromatic rings. The van der Waals surface area contributed by atoms with Gasteiger partial charge in [-0.3, -0.25) is 0 Å². The van der Waals surface area contributed by atoms with Crippen LogP contribution in [-0.4, -0.2) is 24.3 Å². The lowest BCUT2D eigenvalue weighted by molar-refractivity contribution is -0.0499. The topological polar surface area (TPSA) is 41.5 Å². The summed E-state index contributed by atoms with van der Waals surface area (Å²) in [6.07, 6.45) is 4.02. The molecule has 0 amide bonds. The van der Waals surface area contributed by atoms with Crippen LogP contribution in [0.3, 0.4) is 0 Å². The van der Waals surface area contributed by atoms with Crippen LogP contribution in [0.15, 0.2) is 24.3 Å². The summed E-state index contributed by atoms with van der Waals surface area (Å²) in [5, 5.41) is 13.5. The molecule has 0 radical (unpaired) electrons. The third-order valence-corrected chi connectivity index (χ3v) is 4.00. The highest BCUT2D eigenvalue weighted by molar-refractivity contribution is 5.30. The predicted octanol–water partition coefficient (Wildman–Crippen LogP) is 3.49. The number of hydrogen-bond donors (Lipinski definition) is 2. The van der Waals surface area contributed by atoms with Crippen molar-refractivity contribution in [2.45, 2.75) is 51.4 Å².